The molecule has 1 atom stereocenters. The third-order valence-electron chi connectivity index (χ3n) is 1.83. The van der Waals surface area contributed by atoms with Crippen molar-refractivity contribution >= 4 is 33.7 Å². The van der Waals surface area contributed by atoms with Gasteiger partial charge in [-0.15, -0.1) is 11.8 Å². The molecule has 0 bridgehead atoms. The molecular weight excluding hydrogens is 295 g/mol. The second-order valence-electron chi connectivity index (χ2n) is 3.56. The summed E-state index contributed by atoms with van der Waals surface area (Å²) in [6.07, 6.45) is -1.96. The van der Waals surface area contributed by atoms with Crippen molar-refractivity contribution in [2.24, 2.45) is 0 Å². The molecule has 0 amide bonds. The number of hydrogen-bond donors (Lipinski definition) is 1. The van der Waals surface area contributed by atoms with Crippen molar-refractivity contribution in [3.63, 3.8) is 0 Å². The Labute approximate surface area is 106 Å². The van der Waals surface area contributed by atoms with Gasteiger partial charge in [0.25, 0.3) is 0 Å². The molecule has 0 saturated carbocycles. The monoisotopic (exact) mass is 306 g/mol. The van der Waals surface area contributed by atoms with Gasteiger partial charge in [-0.25, -0.2) is 9.18 Å². The zero-order valence-corrected chi connectivity index (χ0v) is 11.3. The number of hydrogen-bond acceptors (Lipinski definition) is 2. The predicted octanol–water partition coefficient (Wildman–Crippen LogP) is 4.04. The lowest BCUT2D eigenvalue weighted by Crippen LogP contribution is -2.05. The van der Waals surface area contributed by atoms with Gasteiger partial charge in [-0.2, -0.15) is 0 Å². The predicted molar refractivity (Wildman–Crippen MR) is 66.6 cm³/mol. The molecule has 0 aliphatic rings. The highest BCUT2D eigenvalue weighted by Crippen LogP contribution is 2.33. The van der Waals surface area contributed by atoms with E-state index < -0.39 is 12.1 Å². The van der Waals surface area contributed by atoms with Crippen molar-refractivity contribution in [2.45, 2.75) is 30.2 Å². The molecule has 0 fully saturated rings. The Hall–Kier alpha value is -0.550. The molecule has 1 rings (SSSR count). The van der Waals surface area contributed by atoms with Crippen LogP contribution in [-0.2, 0) is 4.79 Å². The highest BCUT2D eigenvalue weighted by Gasteiger charge is 2.19. The molecule has 0 saturated heterocycles. The van der Waals surface area contributed by atoms with Gasteiger partial charge in [-0.1, -0.05) is 19.9 Å². The summed E-state index contributed by atoms with van der Waals surface area (Å²) in [4.78, 5) is 11.5. The largest absolute Gasteiger partial charge is 0.479 e. The molecule has 2 nitrogen and oxygen atoms in total. The molecule has 1 aromatic carbocycles. The minimum absolute atomic E-state index is 0.160. The lowest BCUT2D eigenvalue weighted by molar-refractivity contribution is -0.143. The van der Waals surface area contributed by atoms with Crippen LogP contribution in [0.4, 0.5) is 4.39 Å². The lowest BCUT2D eigenvalue weighted by atomic mass is 10.1. The first-order chi connectivity index (χ1) is 7.41. The van der Waals surface area contributed by atoms with E-state index in [0.717, 1.165) is 9.37 Å². The summed E-state index contributed by atoms with van der Waals surface area (Å²) in [5, 5.41) is 8.96. The van der Waals surface area contributed by atoms with E-state index in [4.69, 9.17) is 5.11 Å². The highest BCUT2D eigenvalue weighted by molar-refractivity contribution is 9.10. The summed E-state index contributed by atoms with van der Waals surface area (Å²) in [6.45, 7) is 4.11. The van der Waals surface area contributed by atoms with Crippen LogP contribution < -0.4 is 0 Å². The third kappa shape index (κ3) is 3.49. The fraction of sp³-hybridized carbons (Fsp3) is 0.364. The van der Waals surface area contributed by atoms with Crippen molar-refractivity contribution in [3.05, 3.63) is 28.2 Å². The van der Waals surface area contributed by atoms with Crippen molar-refractivity contribution in [3.8, 4) is 0 Å². The van der Waals surface area contributed by atoms with Gasteiger partial charge in [0.2, 0.25) is 6.17 Å². The van der Waals surface area contributed by atoms with Gasteiger partial charge < -0.3 is 5.11 Å². The second-order valence-corrected chi connectivity index (χ2v) is 6.03. The van der Waals surface area contributed by atoms with Crippen molar-refractivity contribution < 1.29 is 14.3 Å². The van der Waals surface area contributed by atoms with Crippen LogP contribution in [-0.4, -0.2) is 16.3 Å². The molecule has 0 radical (unpaired) electrons. The maximum absolute atomic E-state index is 13.2. The quantitative estimate of drug-likeness (QED) is 0.853. The Morgan fingerprint density at radius 3 is 2.56 bits per heavy atom. The Kier molecular flexibility index (Phi) is 4.80. The summed E-state index contributed by atoms with van der Waals surface area (Å²) in [5.41, 5.74) is 0.160. The Morgan fingerprint density at radius 1 is 1.50 bits per heavy atom. The summed E-state index contributed by atoms with van der Waals surface area (Å²) >= 11 is 4.95. The minimum atomic E-state index is -1.96. The molecule has 0 spiro atoms. The zero-order chi connectivity index (χ0) is 12.3. The van der Waals surface area contributed by atoms with Crippen LogP contribution in [0.3, 0.4) is 0 Å². The van der Waals surface area contributed by atoms with Crippen LogP contribution in [0.5, 0.6) is 0 Å². The van der Waals surface area contributed by atoms with E-state index in [2.05, 4.69) is 29.8 Å². The standard InChI is InChI=1S/C11H12BrFO2S/c1-6(2)16-9-4-3-7(5-8(9)12)10(13)11(14)15/h3-6,10H,1-2H3,(H,14,15). The van der Waals surface area contributed by atoms with Crippen LogP contribution in [0, 0.1) is 0 Å². The molecule has 0 aliphatic carbocycles. The van der Waals surface area contributed by atoms with Gasteiger partial charge in [-0.3, -0.25) is 0 Å². The summed E-state index contributed by atoms with van der Waals surface area (Å²) in [5.74, 6) is -1.46. The number of benzene rings is 1. The lowest BCUT2D eigenvalue weighted by Gasteiger charge is -2.09. The first-order valence-corrected chi connectivity index (χ1v) is 6.42. The second kappa shape index (κ2) is 5.68. The summed E-state index contributed by atoms with van der Waals surface area (Å²) < 4.78 is 13.9. The number of thioether (sulfide) groups is 1. The van der Waals surface area contributed by atoms with E-state index in [1.807, 2.05) is 0 Å². The van der Waals surface area contributed by atoms with Crippen molar-refractivity contribution in [2.75, 3.05) is 0 Å². The van der Waals surface area contributed by atoms with Crippen molar-refractivity contribution in [1.29, 1.82) is 0 Å². The van der Waals surface area contributed by atoms with Gasteiger partial charge in [0.05, 0.1) is 0 Å². The molecule has 5 heteroatoms. The maximum atomic E-state index is 13.2. The van der Waals surface area contributed by atoms with E-state index in [1.165, 1.54) is 12.1 Å². The average molecular weight is 307 g/mol. The van der Waals surface area contributed by atoms with Gasteiger partial charge in [0.15, 0.2) is 0 Å². The molecule has 16 heavy (non-hydrogen) atoms. The Bertz CT molecular complexity index is 396. The van der Waals surface area contributed by atoms with E-state index in [-0.39, 0.29) is 5.56 Å². The van der Waals surface area contributed by atoms with E-state index >= 15 is 0 Å². The van der Waals surface area contributed by atoms with Gasteiger partial charge in [-0.05, 0) is 33.6 Å². The number of carbonyl (C=O) groups is 1. The number of halogens is 2. The molecule has 1 N–H and O–H groups in total. The number of aliphatic carboxylic acids is 1. The van der Waals surface area contributed by atoms with Gasteiger partial charge in [0.1, 0.15) is 0 Å². The molecule has 88 valence electrons. The first-order valence-electron chi connectivity index (χ1n) is 4.74. The van der Waals surface area contributed by atoms with E-state index in [1.54, 1.807) is 17.8 Å². The normalized spacial score (nSPS) is 12.8. The number of alkyl halides is 1. The van der Waals surface area contributed by atoms with Crippen molar-refractivity contribution in [1.82, 2.24) is 0 Å². The SMILES string of the molecule is CC(C)Sc1ccc(C(F)C(=O)O)cc1Br. The average Bonchev–Trinajstić information content (AvgIpc) is 2.19. The number of carboxylic acid groups (broad SMARTS) is 1. The van der Waals surface area contributed by atoms with Crippen LogP contribution in [0.1, 0.15) is 25.6 Å². The Balaban J connectivity index is 2.95. The van der Waals surface area contributed by atoms with Crippen LogP contribution in [0.2, 0.25) is 0 Å². The molecule has 1 aromatic rings. The zero-order valence-electron chi connectivity index (χ0n) is 8.91. The van der Waals surface area contributed by atoms with Gasteiger partial charge in [0, 0.05) is 14.6 Å². The number of rotatable bonds is 4. The van der Waals surface area contributed by atoms with Gasteiger partial charge >= 0.3 is 5.97 Å². The van der Waals surface area contributed by atoms with Crippen LogP contribution in [0.15, 0.2) is 27.6 Å². The maximum Gasteiger partial charge on any atom is 0.343 e. The van der Waals surface area contributed by atoms with Crippen LogP contribution >= 0.6 is 27.7 Å². The summed E-state index contributed by atoms with van der Waals surface area (Å²) in [7, 11) is 0. The molecule has 1 unspecified atom stereocenters. The smallest absolute Gasteiger partial charge is 0.343 e. The fourth-order valence-electron chi connectivity index (χ4n) is 1.17. The van der Waals surface area contributed by atoms with E-state index in [0.29, 0.717) is 5.25 Å². The molecule has 0 heterocycles. The topological polar surface area (TPSA) is 37.3 Å². The van der Waals surface area contributed by atoms with Crippen LogP contribution in [0.25, 0.3) is 0 Å². The minimum Gasteiger partial charge on any atom is -0.479 e. The molecule has 0 aromatic heterocycles. The highest BCUT2D eigenvalue weighted by atomic mass is 79.9. The Morgan fingerprint density at radius 2 is 2.12 bits per heavy atom. The molecular formula is C11H12BrFO2S. The fourth-order valence-corrected chi connectivity index (χ4v) is 2.67. The number of carboxylic acids is 1. The van der Waals surface area contributed by atoms with E-state index in [9.17, 15) is 9.18 Å². The molecule has 0 aliphatic heterocycles. The summed E-state index contributed by atoms with van der Waals surface area (Å²) in [6, 6.07) is 4.76. The third-order valence-corrected chi connectivity index (χ3v) is 3.83. The first kappa shape index (κ1) is 13.5.